The molecule has 2 aromatic rings. The molecule has 6 nitrogen and oxygen atoms in total. The molecule has 1 aliphatic rings. The highest BCUT2D eigenvalue weighted by molar-refractivity contribution is 5.93. The Hall–Kier alpha value is -2.50. The molecule has 0 saturated heterocycles. The molecule has 1 aliphatic carbocycles. The second kappa shape index (κ2) is 5.87. The predicted octanol–water partition coefficient (Wildman–Crippen LogP) is 0.557. The van der Waals surface area contributed by atoms with Crippen molar-refractivity contribution in [2.75, 3.05) is 6.54 Å². The zero-order chi connectivity index (χ0) is 14.7. The lowest BCUT2D eigenvalue weighted by molar-refractivity contribution is 0.0951. The maximum absolute atomic E-state index is 11.9. The molecule has 108 valence electrons. The smallest absolute Gasteiger partial charge is 0.267 e. The molecule has 0 atom stereocenters. The summed E-state index contributed by atoms with van der Waals surface area (Å²) in [4.78, 5) is 27.6. The number of rotatable bonds is 4. The Morgan fingerprint density at radius 2 is 2.10 bits per heavy atom. The van der Waals surface area contributed by atoms with Crippen LogP contribution in [-0.4, -0.2) is 27.2 Å². The molecule has 1 amide bonds. The number of aryl methyl sites for hydroxylation is 2. The van der Waals surface area contributed by atoms with E-state index in [1.54, 1.807) is 30.6 Å². The second-order valence-electron chi connectivity index (χ2n) is 5.02. The first-order valence-corrected chi connectivity index (χ1v) is 7.02. The average molecular weight is 284 g/mol. The van der Waals surface area contributed by atoms with E-state index in [1.807, 2.05) is 0 Å². The van der Waals surface area contributed by atoms with Crippen molar-refractivity contribution in [3.63, 3.8) is 0 Å². The van der Waals surface area contributed by atoms with Crippen LogP contribution in [0.5, 0.6) is 0 Å². The van der Waals surface area contributed by atoms with Crippen LogP contribution in [0, 0.1) is 0 Å². The zero-order valence-corrected chi connectivity index (χ0v) is 11.6. The number of nitrogens with zero attached hydrogens (tertiary/aromatic N) is 3. The molecule has 3 rings (SSSR count). The third kappa shape index (κ3) is 2.99. The summed E-state index contributed by atoms with van der Waals surface area (Å²) in [5, 5.41) is 7.14. The van der Waals surface area contributed by atoms with E-state index in [0.717, 1.165) is 30.5 Å². The number of pyridine rings is 1. The van der Waals surface area contributed by atoms with Crippen molar-refractivity contribution in [2.45, 2.75) is 25.8 Å². The van der Waals surface area contributed by atoms with Crippen molar-refractivity contribution in [3.05, 3.63) is 57.8 Å². The van der Waals surface area contributed by atoms with Gasteiger partial charge in [0.05, 0.1) is 12.2 Å². The maximum atomic E-state index is 11.9. The van der Waals surface area contributed by atoms with E-state index in [2.05, 4.69) is 15.4 Å². The summed E-state index contributed by atoms with van der Waals surface area (Å²) in [6.45, 7) is 0.746. The van der Waals surface area contributed by atoms with Gasteiger partial charge in [0, 0.05) is 30.6 Å². The first kappa shape index (κ1) is 13.5. The molecule has 0 spiro atoms. The van der Waals surface area contributed by atoms with Crippen molar-refractivity contribution < 1.29 is 4.79 Å². The Bertz CT molecular complexity index is 709. The highest BCUT2D eigenvalue weighted by atomic mass is 16.1. The van der Waals surface area contributed by atoms with E-state index in [4.69, 9.17) is 0 Å². The third-order valence-electron chi connectivity index (χ3n) is 3.58. The number of fused-ring (bicyclic) bond motifs is 1. The second-order valence-corrected chi connectivity index (χ2v) is 5.02. The van der Waals surface area contributed by atoms with Crippen molar-refractivity contribution in [1.82, 2.24) is 20.1 Å². The lowest BCUT2D eigenvalue weighted by atomic mass is 10.2. The number of carbonyl (C=O) groups is 1. The van der Waals surface area contributed by atoms with Gasteiger partial charge in [0.1, 0.15) is 0 Å². The summed E-state index contributed by atoms with van der Waals surface area (Å²) in [6, 6.07) is 4.96. The van der Waals surface area contributed by atoms with Crippen molar-refractivity contribution >= 4 is 5.91 Å². The number of amides is 1. The molecule has 2 aromatic heterocycles. The van der Waals surface area contributed by atoms with Gasteiger partial charge in [0.2, 0.25) is 0 Å². The molecule has 21 heavy (non-hydrogen) atoms. The minimum atomic E-state index is -0.174. The Morgan fingerprint density at radius 3 is 2.90 bits per heavy atom. The van der Waals surface area contributed by atoms with Gasteiger partial charge in [-0.2, -0.15) is 5.10 Å². The standard InChI is InChI=1S/C15H16N4O2/c20-14-10-12-2-1-3-13(12)18-19(14)9-8-17-15(21)11-4-6-16-7-5-11/h4-7,10H,1-3,8-9H2,(H,17,21). The SMILES string of the molecule is O=C(NCCn1nc2c(cc1=O)CCC2)c1ccncc1. The van der Waals surface area contributed by atoms with Crippen LogP contribution in [0.15, 0.2) is 35.4 Å². The quantitative estimate of drug-likeness (QED) is 0.890. The van der Waals surface area contributed by atoms with E-state index < -0.39 is 0 Å². The zero-order valence-electron chi connectivity index (χ0n) is 11.6. The topological polar surface area (TPSA) is 76.9 Å². The van der Waals surface area contributed by atoms with E-state index in [1.165, 1.54) is 4.68 Å². The van der Waals surface area contributed by atoms with Gasteiger partial charge in [0.25, 0.3) is 11.5 Å². The van der Waals surface area contributed by atoms with Gasteiger partial charge in [0.15, 0.2) is 0 Å². The van der Waals surface area contributed by atoms with Crippen LogP contribution in [0.25, 0.3) is 0 Å². The predicted molar refractivity (Wildman–Crippen MR) is 77.1 cm³/mol. The molecule has 2 heterocycles. The summed E-state index contributed by atoms with van der Waals surface area (Å²) >= 11 is 0. The summed E-state index contributed by atoms with van der Waals surface area (Å²) < 4.78 is 1.43. The fraction of sp³-hybridized carbons (Fsp3) is 0.333. The van der Waals surface area contributed by atoms with Gasteiger partial charge in [-0.25, -0.2) is 4.68 Å². The van der Waals surface area contributed by atoms with E-state index in [9.17, 15) is 9.59 Å². The highest BCUT2D eigenvalue weighted by Crippen LogP contribution is 2.16. The summed E-state index contributed by atoms with van der Waals surface area (Å²) in [5.41, 5.74) is 2.53. The largest absolute Gasteiger partial charge is 0.350 e. The monoisotopic (exact) mass is 284 g/mol. The van der Waals surface area contributed by atoms with Crippen LogP contribution in [0.3, 0.4) is 0 Å². The normalized spacial score (nSPS) is 13.0. The average Bonchev–Trinajstić information content (AvgIpc) is 2.95. The van der Waals surface area contributed by atoms with Gasteiger partial charge < -0.3 is 5.32 Å². The number of carbonyl (C=O) groups excluding carboxylic acids is 1. The third-order valence-corrected chi connectivity index (χ3v) is 3.58. The summed E-state index contributed by atoms with van der Waals surface area (Å²) in [7, 11) is 0. The minimum Gasteiger partial charge on any atom is -0.350 e. The van der Waals surface area contributed by atoms with E-state index in [-0.39, 0.29) is 11.5 Å². The van der Waals surface area contributed by atoms with E-state index >= 15 is 0 Å². The van der Waals surface area contributed by atoms with Gasteiger partial charge in [-0.3, -0.25) is 14.6 Å². The molecule has 0 saturated carbocycles. The molecule has 1 N–H and O–H groups in total. The van der Waals surface area contributed by atoms with Crippen LogP contribution in [0.4, 0.5) is 0 Å². The van der Waals surface area contributed by atoms with Crippen LogP contribution in [0.2, 0.25) is 0 Å². The lowest BCUT2D eigenvalue weighted by Gasteiger charge is -2.08. The Labute approximate surface area is 121 Å². The summed E-state index contributed by atoms with van der Waals surface area (Å²) in [5.74, 6) is -0.174. The van der Waals surface area contributed by atoms with Gasteiger partial charge >= 0.3 is 0 Å². The molecule has 0 unspecified atom stereocenters. The number of hydrogen-bond acceptors (Lipinski definition) is 4. The molecular formula is C15H16N4O2. The fourth-order valence-corrected chi connectivity index (χ4v) is 2.48. The highest BCUT2D eigenvalue weighted by Gasteiger charge is 2.14. The van der Waals surface area contributed by atoms with Crippen LogP contribution in [0.1, 0.15) is 28.0 Å². The van der Waals surface area contributed by atoms with Gasteiger partial charge in [-0.1, -0.05) is 0 Å². The molecule has 0 bridgehead atoms. The van der Waals surface area contributed by atoms with E-state index in [0.29, 0.717) is 18.7 Å². The Kier molecular flexibility index (Phi) is 3.77. The number of aromatic nitrogens is 3. The molecular weight excluding hydrogens is 268 g/mol. The first-order chi connectivity index (χ1) is 10.2. The number of hydrogen-bond donors (Lipinski definition) is 1. The van der Waals surface area contributed by atoms with Crippen LogP contribution >= 0.6 is 0 Å². The lowest BCUT2D eigenvalue weighted by Crippen LogP contribution is -2.32. The van der Waals surface area contributed by atoms with Crippen molar-refractivity contribution in [1.29, 1.82) is 0 Å². The molecule has 0 aliphatic heterocycles. The molecule has 0 aromatic carbocycles. The molecule has 0 radical (unpaired) electrons. The van der Waals surface area contributed by atoms with Gasteiger partial charge in [-0.05, 0) is 37.0 Å². The van der Waals surface area contributed by atoms with Crippen molar-refractivity contribution in [2.24, 2.45) is 0 Å². The Balaban J connectivity index is 1.61. The minimum absolute atomic E-state index is 0.103. The molecule has 0 fully saturated rings. The molecule has 6 heteroatoms. The van der Waals surface area contributed by atoms with Crippen LogP contribution in [-0.2, 0) is 19.4 Å². The Morgan fingerprint density at radius 1 is 1.29 bits per heavy atom. The summed E-state index contributed by atoms with van der Waals surface area (Å²) in [6.07, 6.45) is 6.07. The first-order valence-electron chi connectivity index (χ1n) is 7.02. The fourth-order valence-electron chi connectivity index (χ4n) is 2.48. The van der Waals surface area contributed by atoms with Gasteiger partial charge in [-0.15, -0.1) is 0 Å². The maximum Gasteiger partial charge on any atom is 0.267 e. The van der Waals surface area contributed by atoms with Crippen molar-refractivity contribution in [3.8, 4) is 0 Å². The van der Waals surface area contributed by atoms with Crippen LogP contribution < -0.4 is 10.9 Å². The number of nitrogens with one attached hydrogen (secondary N) is 1.